The number of carbonyl (C=O) groups is 1. The Morgan fingerprint density at radius 3 is 2.53 bits per heavy atom. The fourth-order valence-corrected chi connectivity index (χ4v) is 1.31. The first-order valence-corrected chi connectivity index (χ1v) is 6.28. The van der Waals surface area contributed by atoms with E-state index in [0.29, 0.717) is 5.69 Å². The lowest BCUT2D eigenvalue weighted by molar-refractivity contribution is 0.255. The number of hydrogen-bond donors (Lipinski definition) is 2. The van der Waals surface area contributed by atoms with Crippen molar-refractivity contribution in [1.82, 2.24) is 5.32 Å². The SMILES string of the molecule is C/C(=C\NC(=O)Nc1ccc(F)c(Cl)c1)C(C)(C)C. The van der Waals surface area contributed by atoms with Gasteiger partial charge in [-0.15, -0.1) is 0 Å². The summed E-state index contributed by atoms with van der Waals surface area (Å²) < 4.78 is 13.0. The summed E-state index contributed by atoms with van der Waals surface area (Å²) in [5, 5.41) is 5.17. The van der Waals surface area contributed by atoms with Crippen molar-refractivity contribution in [3.8, 4) is 0 Å². The topological polar surface area (TPSA) is 41.1 Å². The molecule has 0 bridgehead atoms. The monoisotopic (exact) mass is 284 g/mol. The highest BCUT2D eigenvalue weighted by Gasteiger charge is 2.12. The van der Waals surface area contributed by atoms with E-state index in [0.717, 1.165) is 5.57 Å². The van der Waals surface area contributed by atoms with Crippen LogP contribution in [0.15, 0.2) is 30.0 Å². The Morgan fingerprint density at radius 2 is 2.00 bits per heavy atom. The first kappa shape index (κ1) is 15.5. The summed E-state index contributed by atoms with van der Waals surface area (Å²) in [6.45, 7) is 8.10. The molecule has 0 aliphatic rings. The number of urea groups is 1. The van der Waals surface area contributed by atoms with E-state index in [1.807, 2.05) is 6.92 Å². The number of anilines is 1. The van der Waals surface area contributed by atoms with Crippen molar-refractivity contribution in [2.45, 2.75) is 27.7 Å². The zero-order valence-electron chi connectivity index (χ0n) is 11.5. The number of rotatable bonds is 2. The molecular formula is C14H18ClFN2O. The van der Waals surface area contributed by atoms with Gasteiger partial charge in [0.15, 0.2) is 0 Å². The van der Waals surface area contributed by atoms with Crippen LogP contribution in [-0.2, 0) is 0 Å². The highest BCUT2D eigenvalue weighted by Crippen LogP contribution is 2.23. The minimum absolute atomic E-state index is 0.00748. The van der Waals surface area contributed by atoms with Gasteiger partial charge in [-0.05, 0) is 30.5 Å². The lowest BCUT2D eigenvalue weighted by Crippen LogP contribution is -2.25. The van der Waals surface area contributed by atoms with E-state index < -0.39 is 11.8 Å². The van der Waals surface area contributed by atoms with E-state index in [4.69, 9.17) is 11.6 Å². The number of hydrogen-bond acceptors (Lipinski definition) is 1. The van der Waals surface area contributed by atoms with Gasteiger partial charge in [0.1, 0.15) is 5.82 Å². The highest BCUT2D eigenvalue weighted by molar-refractivity contribution is 6.31. The van der Waals surface area contributed by atoms with Gasteiger partial charge in [-0.1, -0.05) is 37.9 Å². The predicted molar refractivity (Wildman–Crippen MR) is 76.8 cm³/mol. The van der Waals surface area contributed by atoms with Crippen molar-refractivity contribution in [3.63, 3.8) is 0 Å². The van der Waals surface area contributed by atoms with Gasteiger partial charge in [0.25, 0.3) is 0 Å². The molecule has 1 aromatic rings. The summed E-state index contributed by atoms with van der Waals surface area (Å²) >= 11 is 5.63. The molecule has 0 saturated heterocycles. The molecular weight excluding hydrogens is 267 g/mol. The first-order valence-electron chi connectivity index (χ1n) is 5.90. The maximum absolute atomic E-state index is 13.0. The van der Waals surface area contributed by atoms with E-state index in [1.54, 1.807) is 6.20 Å². The summed E-state index contributed by atoms with van der Waals surface area (Å²) in [5.74, 6) is -0.518. The third-order valence-electron chi connectivity index (χ3n) is 2.78. The summed E-state index contributed by atoms with van der Waals surface area (Å²) in [7, 11) is 0. The highest BCUT2D eigenvalue weighted by atomic mass is 35.5. The molecule has 104 valence electrons. The van der Waals surface area contributed by atoms with Gasteiger partial charge < -0.3 is 10.6 Å². The summed E-state index contributed by atoms with van der Waals surface area (Å²) in [6.07, 6.45) is 1.65. The van der Waals surface area contributed by atoms with E-state index in [-0.39, 0.29) is 10.4 Å². The van der Waals surface area contributed by atoms with Crippen LogP contribution in [0.25, 0.3) is 0 Å². The first-order chi connectivity index (χ1) is 8.70. The second kappa shape index (κ2) is 6.06. The third-order valence-corrected chi connectivity index (χ3v) is 3.07. The molecule has 1 aromatic carbocycles. The van der Waals surface area contributed by atoms with Crippen molar-refractivity contribution < 1.29 is 9.18 Å². The van der Waals surface area contributed by atoms with Crippen molar-refractivity contribution in [3.05, 3.63) is 40.8 Å². The van der Waals surface area contributed by atoms with E-state index in [2.05, 4.69) is 31.4 Å². The number of carbonyl (C=O) groups excluding carboxylic acids is 1. The van der Waals surface area contributed by atoms with Crippen LogP contribution in [0.1, 0.15) is 27.7 Å². The van der Waals surface area contributed by atoms with Gasteiger partial charge in [-0.25, -0.2) is 9.18 Å². The molecule has 5 heteroatoms. The molecule has 0 unspecified atom stereocenters. The standard InChI is InChI=1S/C14H18ClFN2O/c1-9(14(2,3)4)8-17-13(19)18-10-5-6-12(16)11(15)7-10/h5-8H,1-4H3,(H2,17,18,19)/b9-8+. The van der Waals surface area contributed by atoms with Crippen LogP contribution < -0.4 is 10.6 Å². The Hall–Kier alpha value is -1.55. The van der Waals surface area contributed by atoms with E-state index >= 15 is 0 Å². The minimum atomic E-state index is -0.518. The average Bonchev–Trinajstić information content (AvgIpc) is 2.29. The molecule has 0 fully saturated rings. The van der Waals surface area contributed by atoms with Crippen LogP contribution in [0.5, 0.6) is 0 Å². The summed E-state index contributed by atoms with van der Waals surface area (Å²) in [5.41, 5.74) is 1.47. The van der Waals surface area contributed by atoms with Crippen LogP contribution in [0.2, 0.25) is 5.02 Å². The van der Waals surface area contributed by atoms with Gasteiger partial charge in [0, 0.05) is 11.9 Å². The summed E-state index contributed by atoms with van der Waals surface area (Å²) in [4.78, 5) is 11.6. The molecule has 1 rings (SSSR count). The zero-order chi connectivity index (χ0) is 14.6. The smallest absolute Gasteiger partial charge is 0.314 e. The Labute approximate surface area is 117 Å². The van der Waals surface area contributed by atoms with Crippen LogP contribution in [0, 0.1) is 11.2 Å². The van der Waals surface area contributed by atoms with Gasteiger partial charge in [-0.3, -0.25) is 0 Å². The summed E-state index contributed by atoms with van der Waals surface area (Å²) in [6, 6.07) is 3.61. The molecule has 3 nitrogen and oxygen atoms in total. The van der Waals surface area contributed by atoms with E-state index in [1.165, 1.54) is 18.2 Å². The largest absolute Gasteiger partial charge is 0.323 e. The Morgan fingerprint density at radius 1 is 1.37 bits per heavy atom. The predicted octanol–water partition coefficient (Wildman–Crippen LogP) is 4.55. The fourth-order valence-electron chi connectivity index (χ4n) is 1.13. The molecule has 0 atom stereocenters. The third kappa shape index (κ3) is 4.91. The molecule has 0 aliphatic heterocycles. The molecule has 0 saturated carbocycles. The lowest BCUT2D eigenvalue weighted by Gasteiger charge is -2.19. The number of allylic oxidation sites excluding steroid dienone is 1. The van der Waals surface area contributed by atoms with Crippen LogP contribution in [-0.4, -0.2) is 6.03 Å². The zero-order valence-corrected chi connectivity index (χ0v) is 12.2. The molecule has 0 aromatic heterocycles. The van der Waals surface area contributed by atoms with E-state index in [9.17, 15) is 9.18 Å². The Balaban J connectivity index is 2.63. The van der Waals surface area contributed by atoms with Crippen LogP contribution >= 0.6 is 11.6 Å². The fraction of sp³-hybridized carbons (Fsp3) is 0.357. The number of amides is 2. The van der Waals surface area contributed by atoms with Gasteiger partial charge in [0.2, 0.25) is 0 Å². The van der Waals surface area contributed by atoms with Crippen molar-refractivity contribution in [2.75, 3.05) is 5.32 Å². The van der Waals surface area contributed by atoms with Crippen LogP contribution in [0.4, 0.5) is 14.9 Å². The second-order valence-electron chi connectivity index (χ2n) is 5.30. The van der Waals surface area contributed by atoms with Gasteiger partial charge in [0.05, 0.1) is 5.02 Å². The number of benzene rings is 1. The minimum Gasteiger partial charge on any atom is -0.314 e. The van der Waals surface area contributed by atoms with Gasteiger partial charge >= 0.3 is 6.03 Å². The van der Waals surface area contributed by atoms with Crippen molar-refractivity contribution in [2.24, 2.45) is 5.41 Å². The molecule has 19 heavy (non-hydrogen) atoms. The quantitative estimate of drug-likeness (QED) is 0.822. The average molecular weight is 285 g/mol. The second-order valence-corrected chi connectivity index (χ2v) is 5.71. The molecule has 0 spiro atoms. The van der Waals surface area contributed by atoms with Crippen LogP contribution in [0.3, 0.4) is 0 Å². The molecule has 2 amide bonds. The van der Waals surface area contributed by atoms with Gasteiger partial charge in [-0.2, -0.15) is 0 Å². The number of nitrogens with one attached hydrogen (secondary N) is 2. The number of halogens is 2. The maximum Gasteiger partial charge on any atom is 0.323 e. The molecule has 2 N–H and O–H groups in total. The lowest BCUT2D eigenvalue weighted by atomic mass is 9.88. The Bertz CT molecular complexity index is 507. The Kier molecular flexibility index (Phi) is 4.95. The molecule has 0 aliphatic carbocycles. The maximum atomic E-state index is 13.0. The molecule has 0 radical (unpaired) electrons. The molecule has 0 heterocycles. The normalized spacial score (nSPS) is 12.2. The van der Waals surface area contributed by atoms with Crippen molar-refractivity contribution >= 4 is 23.3 Å². The van der Waals surface area contributed by atoms with Crippen molar-refractivity contribution in [1.29, 1.82) is 0 Å².